The highest BCUT2D eigenvalue weighted by molar-refractivity contribution is 5.96. The number of hydrogen-bond donors (Lipinski definition) is 3. The number of aliphatic hydroxyl groups excluding tert-OH is 1. The Balaban J connectivity index is 2.62. The van der Waals surface area contributed by atoms with Gasteiger partial charge in [0.1, 0.15) is 12.1 Å². The van der Waals surface area contributed by atoms with Crippen molar-refractivity contribution in [3.63, 3.8) is 0 Å². The van der Waals surface area contributed by atoms with E-state index in [-0.39, 0.29) is 18.4 Å². The largest absolute Gasteiger partial charge is 0.394 e. The zero-order chi connectivity index (χ0) is 8.43. The molecule has 0 aliphatic carbocycles. The quantitative estimate of drug-likeness (QED) is 0.412. The lowest BCUT2D eigenvalue weighted by Crippen LogP contribution is -2.61. The van der Waals surface area contributed by atoms with E-state index in [1.54, 1.807) is 6.92 Å². The molecule has 11 heavy (non-hydrogen) atoms. The molecule has 2 amide bonds. The predicted molar refractivity (Wildman–Crippen MR) is 36.6 cm³/mol. The standard InChI is InChI=1S/C6H10N2O3/c1-3-5(10)8-4(2-9)6(11)7-3/h3-4,9H,2H2,1H3,(H,7,11)(H,8,10). The van der Waals surface area contributed by atoms with Gasteiger partial charge in [0.05, 0.1) is 6.61 Å². The van der Waals surface area contributed by atoms with Crippen molar-refractivity contribution in [1.29, 1.82) is 0 Å². The van der Waals surface area contributed by atoms with Gasteiger partial charge in [-0.15, -0.1) is 0 Å². The first-order valence-electron chi connectivity index (χ1n) is 3.36. The average molecular weight is 158 g/mol. The van der Waals surface area contributed by atoms with Gasteiger partial charge < -0.3 is 15.7 Å². The third-order valence-electron chi connectivity index (χ3n) is 1.57. The number of amides is 2. The van der Waals surface area contributed by atoms with E-state index in [0.29, 0.717) is 0 Å². The van der Waals surface area contributed by atoms with Crippen LogP contribution in [0.15, 0.2) is 0 Å². The van der Waals surface area contributed by atoms with Crippen LogP contribution in [0.4, 0.5) is 0 Å². The van der Waals surface area contributed by atoms with Crippen LogP contribution in [0.1, 0.15) is 6.92 Å². The smallest absolute Gasteiger partial charge is 0.245 e. The number of nitrogens with one attached hydrogen (secondary N) is 2. The summed E-state index contributed by atoms with van der Waals surface area (Å²) in [5.74, 6) is -0.594. The summed E-state index contributed by atoms with van der Waals surface area (Å²) < 4.78 is 0. The van der Waals surface area contributed by atoms with E-state index in [1.807, 2.05) is 0 Å². The Labute approximate surface area is 63.8 Å². The molecule has 62 valence electrons. The third-order valence-corrected chi connectivity index (χ3v) is 1.57. The molecule has 0 aromatic heterocycles. The molecule has 1 rings (SSSR count). The van der Waals surface area contributed by atoms with Crippen molar-refractivity contribution in [3.05, 3.63) is 0 Å². The highest BCUT2D eigenvalue weighted by Crippen LogP contribution is 1.94. The Morgan fingerprint density at radius 3 is 2.55 bits per heavy atom. The van der Waals surface area contributed by atoms with Crippen LogP contribution in [0.25, 0.3) is 0 Å². The maximum absolute atomic E-state index is 10.9. The lowest BCUT2D eigenvalue weighted by molar-refractivity contribution is -0.137. The minimum atomic E-state index is -0.779. The van der Waals surface area contributed by atoms with Crippen LogP contribution in [-0.2, 0) is 9.59 Å². The summed E-state index contributed by atoms with van der Waals surface area (Å²) in [7, 11) is 0. The summed E-state index contributed by atoms with van der Waals surface area (Å²) >= 11 is 0. The van der Waals surface area contributed by atoms with E-state index >= 15 is 0 Å². The highest BCUT2D eigenvalue weighted by atomic mass is 16.3. The molecule has 0 aromatic carbocycles. The number of carbonyl (C=O) groups is 2. The Morgan fingerprint density at radius 2 is 2.00 bits per heavy atom. The molecule has 2 atom stereocenters. The molecule has 0 saturated carbocycles. The van der Waals surface area contributed by atoms with Gasteiger partial charge in [0.15, 0.2) is 0 Å². The van der Waals surface area contributed by atoms with Gasteiger partial charge in [-0.1, -0.05) is 0 Å². The number of carbonyl (C=O) groups excluding carboxylic acids is 2. The van der Waals surface area contributed by atoms with E-state index in [4.69, 9.17) is 5.11 Å². The number of aliphatic hydroxyl groups is 1. The van der Waals surface area contributed by atoms with Gasteiger partial charge >= 0.3 is 0 Å². The molecule has 5 nitrogen and oxygen atoms in total. The first kappa shape index (κ1) is 8.00. The molecule has 1 aliphatic heterocycles. The molecule has 2 unspecified atom stereocenters. The highest BCUT2D eigenvalue weighted by Gasteiger charge is 2.29. The Morgan fingerprint density at radius 1 is 1.36 bits per heavy atom. The summed E-state index contributed by atoms with van der Waals surface area (Å²) in [6.07, 6.45) is 0. The molecule has 1 aliphatic rings. The lowest BCUT2D eigenvalue weighted by atomic mass is 10.1. The SMILES string of the molecule is CC1NC(=O)C(CO)NC1=O. The van der Waals surface area contributed by atoms with Crippen LogP contribution in [0.3, 0.4) is 0 Å². The van der Waals surface area contributed by atoms with Crippen LogP contribution in [-0.4, -0.2) is 35.6 Å². The molecule has 1 saturated heterocycles. The maximum atomic E-state index is 10.9. The lowest BCUT2D eigenvalue weighted by Gasteiger charge is -2.25. The monoisotopic (exact) mass is 158 g/mol. The number of rotatable bonds is 1. The molecular weight excluding hydrogens is 148 g/mol. The summed E-state index contributed by atoms with van der Waals surface area (Å²) in [5, 5.41) is 13.4. The van der Waals surface area contributed by atoms with E-state index in [2.05, 4.69) is 10.6 Å². The van der Waals surface area contributed by atoms with Crippen molar-refractivity contribution in [2.75, 3.05) is 6.61 Å². The topological polar surface area (TPSA) is 78.4 Å². The molecule has 3 N–H and O–H groups in total. The molecular formula is C6H10N2O3. The van der Waals surface area contributed by atoms with Crippen molar-refractivity contribution in [3.8, 4) is 0 Å². The second-order valence-electron chi connectivity index (χ2n) is 2.47. The fourth-order valence-corrected chi connectivity index (χ4v) is 0.870. The molecule has 1 heterocycles. The Bertz CT molecular complexity index is 192. The second-order valence-corrected chi connectivity index (χ2v) is 2.47. The average Bonchev–Trinajstić information content (AvgIpc) is 1.97. The van der Waals surface area contributed by atoms with Crippen LogP contribution < -0.4 is 10.6 Å². The minimum absolute atomic E-state index is 0.261. The van der Waals surface area contributed by atoms with Gasteiger partial charge in [-0.05, 0) is 6.92 Å². The van der Waals surface area contributed by atoms with Crippen LogP contribution in [0.2, 0.25) is 0 Å². The molecule has 1 fully saturated rings. The van der Waals surface area contributed by atoms with Crippen molar-refractivity contribution < 1.29 is 14.7 Å². The van der Waals surface area contributed by atoms with Crippen LogP contribution in [0.5, 0.6) is 0 Å². The molecule has 0 aromatic rings. The van der Waals surface area contributed by atoms with E-state index in [9.17, 15) is 9.59 Å². The molecule has 0 radical (unpaired) electrons. The van der Waals surface area contributed by atoms with Crippen LogP contribution in [0, 0.1) is 0 Å². The van der Waals surface area contributed by atoms with E-state index in [0.717, 1.165) is 0 Å². The number of hydrogen-bond acceptors (Lipinski definition) is 3. The van der Waals surface area contributed by atoms with E-state index < -0.39 is 12.1 Å². The van der Waals surface area contributed by atoms with Crippen molar-refractivity contribution >= 4 is 11.8 Å². The van der Waals surface area contributed by atoms with Crippen molar-refractivity contribution in [2.24, 2.45) is 0 Å². The summed E-state index contributed by atoms with van der Waals surface area (Å²) in [6, 6.07) is -1.27. The van der Waals surface area contributed by atoms with Crippen LogP contribution >= 0.6 is 0 Å². The molecule has 5 heteroatoms. The van der Waals surface area contributed by atoms with Gasteiger partial charge in [-0.2, -0.15) is 0 Å². The summed E-state index contributed by atoms with van der Waals surface area (Å²) in [4.78, 5) is 21.8. The van der Waals surface area contributed by atoms with Gasteiger partial charge in [-0.25, -0.2) is 0 Å². The zero-order valence-electron chi connectivity index (χ0n) is 6.13. The Hall–Kier alpha value is -1.10. The Kier molecular flexibility index (Phi) is 2.09. The van der Waals surface area contributed by atoms with E-state index in [1.165, 1.54) is 0 Å². The maximum Gasteiger partial charge on any atom is 0.245 e. The zero-order valence-corrected chi connectivity index (χ0v) is 6.13. The molecule has 0 spiro atoms. The second kappa shape index (κ2) is 2.87. The fraction of sp³-hybridized carbons (Fsp3) is 0.667. The minimum Gasteiger partial charge on any atom is -0.394 e. The fourth-order valence-electron chi connectivity index (χ4n) is 0.870. The normalized spacial score (nSPS) is 31.1. The summed E-state index contributed by atoms with van der Waals surface area (Å²) in [6.45, 7) is 1.23. The number of piperazine rings is 1. The van der Waals surface area contributed by atoms with Crippen molar-refractivity contribution in [1.82, 2.24) is 10.6 Å². The van der Waals surface area contributed by atoms with Gasteiger partial charge in [0.2, 0.25) is 11.8 Å². The van der Waals surface area contributed by atoms with Gasteiger partial charge in [0, 0.05) is 0 Å². The van der Waals surface area contributed by atoms with Gasteiger partial charge in [-0.3, -0.25) is 9.59 Å². The van der Waals surface area contributed by atoms with Crippen molar-refractivity contribution in [2.45, 2.75) is 19.0 Å². The summed E-state index contributed by atoms with van der Waals surface area (Å²) in [5.41, 5.74) is 0. The molecule has 0 bridgehead atoms. The third kappa shape index (κ3) is 1.48. The first-order chi connectivity index (χ1) is 5.15. The van der Waals surface area contributed by atoms with Gasteiger partial charge in [0.25, 0.3) is 0 Å². The first-order valence-corrected chi connectivity index (χ1v) is 3.36. The predicted octanol–water partition coefficient (Wildman–Crippen LogP) is -2.02.